The predicted molar refractivity (Wildman–Crippen MR) is 69.5 cm³/mol. The number of carbonyl (C=O) groups is 1. The van der Waals surface area contributed by atoms with Crippen LogP contribution in [0.5, 0.6) is 0 Å². The van der Waals surface area contributed by atoms with Crippen LogP contribution in [0.15, 0.2) is 24.3 Å². The molecule has 92 valence electrons. The number of likely N-dealkylation sites (tertiary alicyclic amines) is 1. The summed E-state index contributed by atoms with van der Waals surface area (Å²) >= 11 is 5.86. The van der Waals surface area contributed by atoms with Crippen molar-refractivity contribution in [2.75, 3.05) is 25.5 Å². The van der Waals surface area contributed by atoms with Crippen molar-refractivity contribution >= 4 is 23.3 Å². The number of rotatable bonds is 2. The number of hydrogen-bond donors (Lipinski definition) is 2. The third-order valence-electron chi connectivity index (χ3n) is 2.96. The Morgan fingerprint density at radius 3 is 3.00 bits per heavy atom. The van der Waals surface area contributed by atoms with Gasteiger partial charge in [0.2, 0.25) is 0 Å². The molecule has 17 heavy (non-hydrogen) atoms. The van der Waals surface area contributed by atoms with E-state index < -0.39 is 0 Å². The van der Waals surface area contributed by atoms with Crippen LogP contribution in [0, 0.1) is 0 Å². The molecular weight excluding hydrogens is 238 g/mol. The average molecular weight is 254 g/mol. The van der Waals surface area contributed by atoms with Crippen LogP contribution in [-0.2, 0) is 0 Å². The highest BCUT2D eigenvalue weighted by atomic mass is 35.5. The lowest BCUT2D eigenvalue weighted by molar-refractivity contribution is 0.221. The van der Waals surface area contributed by atoms with Gasteiger partial charge in [-0.25, -0.2) is 4.79 Å². The molecule has 1 atom stereocenters. The molecular formula is C12H16ClN3O. The van der Waals surface area contributed by atoms with E-state index >= 15 is 0 Å². The van der Waals surface area contributed by atoms with Crippen molar-refractivity contribution in [1.29, 1.82) is 0 Å². The second-order valence-electron chi connectivity index (χ2n) is 4.16. The molecule has 2 rings (SSSR count). The summed E-state index contributed by atoms with van der Waals surface area (Å²) in [6.07, 6.45) is 0.999. The Morgan fingerprint density at radius 1 is 1.53 bits per heavy atom. The van der Waals surface area contributed by atoms with Gasteiger partial charge in [-0.15, -0.1) is 0 Å². The molecule has 2 amide bonds. The van der Waals surface area contributed by atoms with Crippen molar-refractivity contribution < 1.29 is 4.79 Å². The lowest BCUT2D eigenvalue weighted by Crippen LogP contribution is -2.36. The SMILES string of the molecule is CN[C@@H]1CCN(C(=O)Nc2cccc(Cl)c2)C1. The summed E-state index contributed by atoms with van der Waals surface area (Å²) in [4.78, 5) is 13.7. The highest BCUT2D eigenvalue weighted by Gasteiger charge is 2.24. The Balaban J connectivity index is 1.93. The number of benzene rings is 1. The van der Waals surface area contributed by atoms with Gasteiger partial charge in [0.1, 0.15) is 0 Å². The number of halogens is 1. The van der Waals surface area contributed by atoms with Crippen LogP contribution in [0.25, 0.3) is 0 Å². The van der Waals surface area contributed by atoms with E-state index in [0.29, 0.717) is 11.1 Å². The molecule has 5 heteroatoms. The largest absolute Gasteiger partial charge is 0.323 e. The Kier molecular flexibility index (Phi) is 3.86. The monoisotopic (exact) mass is 253 g/mol. The molecule has 1 aliphatic rings. The minimum absolute atomic E-state index is 0.0648. The molecule has 0 bridgehead atoms. The first-order valence-electron chi connectivity index (χ1n) is 5.68. The number of likely N-dealkylation sites (N-methyl/N-ethyl adjacent to an activating group) is 1. The molecule has 4 nitrogen and oxygen atoms in total. The maximum atomic E-state index is 11.9. The van der Waals surface area contributed by atoms with Crippen molar-refractivity contribution in [3.63, 3.8) is 0 Å². The number of urea groups is 1. The van der Waals surface area contributed by atoms with Gasteiger partial charge in [-0.2, -0.15) is 0 Å². The molecule has 0 aromatic heterocycles. The highest BCUT2D eigenvalue weighted by Crippen LogP contribution is 2.16. The summed E-state index contributed by atoms with van der Waals surface area (Å²) in [5.74, 6) is 0. The van der Waals surface area contributed by atoms with Gasteiger partial charge in [0, 0.05) is 29.8 Å². The summed E-state index contributed by atoms with van der Waals surface area (Å²) in [6, 6.07) is 7.51. The van der Waals surface area contributed by atoms with Gasteiger partial charge >= 0.3 is 6.03 Å². The molecule has 1 aromatic rings. The minimum Gasteiger partial charge on any atom is -0.323 e. The van der Waals surface area contributed by atoms with Crippen molar-refractivity contribution in [2.45, 2.75) is 12.5 Å². The van der Waals surface area contributed by atoms with Gasteiger partial charge in [0.25, 0.3) is 0 Å². The Bertz CT molecular complexity index is 410. The van der Waals surface area contributed by atoms with Crippen LogP contribution in [-0.4, -0.2) is 37.1 Å². The minimum atomic E-state index is -0.0648. The molecule has 1 aromatic carbocycles. The standard InChI is InChI=1S/C12H16ClN3O/c1-14-11-5-6-16(8-11)12(17)15-10-4-2-3-9(13)7-10/h2-4,7,11,14H,5-6,8H2,1H3,(H,15,17)/t11-/m1/s1. The number of carbonyl (C=O) groups excluding carboxylic acids is 1. The van der Waals surface area contributed by atoms with Gasteiger partial charge in [-0.05, 0) is 31.7 Å². The van der Waals surface area contributed by atoms with Crippen LogP contribution < -0.4 is 10.6 Å². The van der Waals surface area contributed by atoms with E-state index in [1.54, 1.807) is 12.1 Å². The summed E-state index contributed by atoms with van der Waals surface area (Å²) in [5.41, 5.74) is 0.732. The maximum Gasteiger partial charge on any atom is 0.321 e. The third-order valence-corrected chi connectivity index (χ3v) is 3.19. The van der Waals surface area contributed by atoms with Crippen LogP contribution in [0.4, 0.5) is 10.5 Å². The Hall–Kier alpha value is -1.26. The smallest absolute Gasteiger partial charge is 0.321 e. The van der Waals surface area contributed by atoms with E-state index in [9.17, 15) is 4.79 Å². The zero-order valence-electron chi connectivity index (χ0n) is 9.74. The number of amides is 2. The zero-order chi connectivity index (χ0) is 12.3. The van der Waals surface area contributed by atoms with Gasteiger partial charge in [-0.1, -0.05) is 17.7 Å². The predicted octanol–water partition coefficient (Wildman–Crippen LogP) is 2.17. The van der Waals surface area contributed by atoms with Crippen LogP contribution in [0.1, 0.15) is 6.42 Å². The Morgan fingerprint density at radius 2 is 2.35 bits per heavy atom. The van der Waals surface area contributed by atoms with Gasteiger partial charge in [0.15, 0.2) is 0 Å². The molecule has 0 aliphatic carbocycles. The molecule has 0 spiro atoms. The molecule has 2 N–H and O–H groups in total. The van der Waals surface area contributed by atoms with Crippen molar-refractivity contribution in [2.24, 2.45) is 0 Å². The number of nitrogens with one attached hydrogen (secondary N) is 2. The van der Waals surface area contributed by atoms with E-state index in [1.807, 2.05) is 24.1 Å². The van der Waals surface area contributed by atoms with Gasteiger partial charge in [-0.3, -0.25) is 0 Å². The maximum absolute atomic E-state index is 11.9. The zero-order valence-corrected chi connectivity index (χ0v) is 10.5. The lowest BCUT2D eigenvalue weighted by atomic mass is 10.3. The molecule has 0 unspecified atom stereocenters. The summed E-state index contributed by atoms with van der Waals surface area (Å²) in [5, 5.41) is 6.65. The third kappa shape index (κ3) is 3.11. The van der Waals surface area contributed by atoms with E-state index in [2.05, 4.69) is 10.6 Å². The van der Waals surface area contributed by atoms with Gasteiger partial charge in [0.05, 0.1) is 0 Å². The average Bonchev–Trinajstić information content (AvgIpc) is 2.77. The number of hydrogen-bond acceptors (Lipinski definition) is 2. The number of nitrogens with zero attached hydrogens (tertiary/aromatic N) is 1. The summed E-state index contributed by atoms with van der Waals surface area (Å²) < 4.78 is 0. The molecule has 0 saturated carbocycles. The van der Waals surface area contributed by atoms with Crippen LogP contribution >= 0.6 is 11.6 Å². The first-order valence-corrected chi connectivity index (χ1v) is 6.05. The first kappa shape index (κ1) is 12.2. The number of anilines is 1. The summed E-state index contributed by atoms with van der Waals surface area (Å²) in [7, 11) is 1.92. The molecule has 1 aliphatic heterocycles. The normalized spacial score (nSPS) is 19.4. The topological polar surface area (TPSA) is 44.4 Å². The van der Waals surface area contributed by atoms with Crippen molar-refractivity contribution in [3.8, 4) is 0 Å². The fraction of sp³-hybridized carbons (Fsp3) is 0.417. The molecule has 1 fully saturated rings. The Labute approximate surface area is 106 Å². The molecule has 1 saturated heterocycles. The van der Waals surface area contributed by atoms with Crippen LogP contribution in [0.2, 0.25) is 5.02 Å². The van der Waals surface area contributed by atoms with Crippen LogP contribution in [0.3, 0.4) is 0 Å². The fourth-order valence-corrected chi connectivity index (χ4v) is 2.14. The second kappa shape index (κ2) is 5.38. The quantitative estimate of drug-likeness (QED) is 0.849. The lowest BCUT2D eigenvalue weighted by Gasteiger charge is -2.17. The first-order chi connectivity index (χ1) is 8.19. The fourth-order valence-electron chi connectivity index (χ4n) is 1.95. The van der Waals surface area contributed by atoms with Gasteiger partial charge < -0.3 is 15.5 Å². The van der Waals surface area contributed by atoms with E-state index in [4.69, 9.17) is 11.6 Å². The van der Waals surface area contributed by atoms with E-state index in [1.165, 1.54) is 0 Å². The van der Waals surface area contributed by atoms with E-state index in [0.717, 1.165) is 25.2 Å². The summed E-state index contributed by atoms with van der Waals surface area (Å²) in [6.45, 7) is 1.54. The second-order valence-corrected chi connectivity index (χ2v) is 4.60. The van der Waals surface area contributed by atoms with E-state index in [-0.39, 0.29) is 6.03 Å². The van der Waals surface area contributed by atoms with Crippen molar-refractivity contribution in [1.82, 2.24) is 10.2 Å². The molecule has 1 heterocycles. The highest BCUT2D eigenvalue weighted by molar-refractivity contribution is 6.30. The molecule has 0 radical (unpaired) electrons. The van der Waals surface area contributed by atoms with Crippen molar-refractivity contribution in [3.05, 3.63) is 29.3 Å².